The highest BCUT2D eigenvalue weighted by Gasteiger charge is 2.39. The molecule has 18 heavy (non-hydrogen) atoms. The van der Waals surface area contributed by atoms with Crippen LogP contribution in [0.2, 0.25) is 5.02 Å². The molecule has 0 spiro atoms. The molecule has 4 nitrogen and oxygen atoms in total. The molecule has 0 aliphatic heterocycles. The van der Waals surface area contributed by atoms with Crippen molar-refractivity contribution in [2.24, 2.45) is 0 Å². The summed E-state index contributed by atoms with van der Waals surface area (Å²) in [6.07, 6.45) is -5.10. The Morgan fingerprint density at radius 3 is 2.39 bits per heavy atom. The summed E-state index contributed by atoms with van der Waals surface area (Å²) in [5.74, 6) is -2.32. The number of carbonyl (C=O) groups excluding carboxylic acids is 2. The van der Waals surface area contributed by atoms with E-state index in [-0.39, 0.29) is 6.54 Å². The molecule has 1 aromatic carbocycles. The summed E-state index contributed by atoms with van der Waals surface area (Å²) in [6.45, 7) is -0.0867. The van der Waals surface area contributed by atoms with E-state index >= 15 is 0 Å². The number of hydrogen-bond donors (Lipinski definition) is 2. The molecule has 0 unspecified atom stereocenters. The minimum atomic E-state index is -5.10. The van der Waals surface area contributed by atoms with Crippen LogP contribution in [0.4, 0.5) is 18.0 Å². The number of rotatable bonds is 2. The van der Waals surface area contributed by atoms with Crippen LogP contribution >= 0.6 is 11.6 Å². The number of benzene rings is 1. The molecule has 8 heteroatoms. The number of halogens is 4. The van der Waals surface area contributed by atoms with Gasteiger partial charge in [0.05, 0.1) is 0 Å². The van der Waals surface area contributed by atoms with Gasteiger partial charge < -0.3 is 5.32 Å². The van der Waals surface area contributed by atoms with Gasteiger partial charge in [-0.05, 0) is 11.6 Å². The topological polar surface area (TPSA) is 58.2 Å². The number of imide groups is 1. The average molecular weight is 281 g/mol. The fraction of sp³-hybridized carbons (Fsp3) is 0.200. The van der Waals surface area contributed by atoms with Gasteiger partial charge in [0, 0.05) is 11.6 Å². The number of hydrogen-bond acceptors (Lipinski definition) is 2. The van der Waals surface area contributed by atoms with E-state index in [1.165, 1.54) is 0 Å². The van der Waals surface area contributed by atoms with Crippen LogP contribution in [0.15, 0.2) is 24.3 Å². The summed E-state index contributed by atoms with van der Waals surface area (Å²) in [5.41, 5.74) is 0.522. The lowest BCUT2D eigenvalue weighted by molar-refractivity contribution is -0.172. The molecular formula is C10H8ClF3N2O2. The highest BCUT2D eigenvalue weighted by Crippen LogP contribution is 2.15. The van der Waals surface area contributed by atoms with Crippen LogP contribution in [0.1, 0.15) is 5.56 Å². The lowest BCUT2D eigenvalue weighted by Gasteiger charge is -2.09. The average Bonchev–Trinajstić information content (AvgIpc) is 2.26. The van der Waals surface area contributed by atoms with E-state index in [1.807, 2.05) is 0 Å². The Morgan fingerprint density at radius 1 is 1.22 bits per heavy atom. The fourth-order valence-electron chi connectivity index (χ4n) is 1.04. The second-order valence-electron chi connectivity index (χ2n) is 3.23. The van der Waals surface area contributed by atoms with E-state index in [0.717, 1.165) is 5.32 Å². The van der Waals surface area contributed by atoms with Gasteiger partial charge in [-0.2, -0.15) is 13.2 Å². The molecular weight excluding hydrogens is 273 g/mol. The normalized spacial score (nSPS) is 10.9. The number of urea groups is 1. The van der Waals surface area contributed by atoms with Crippen molar-refractivity contribution in [3.05, 3.63) is 34.9 Å². The minimum Gasteiger partial charge on any atom is -0.334 e. The summed E-state index contributed by atoms with van der Waals surface area (Å²) < 4.78 is 35.5. The van der Waals surface area contributed by atoms with Crippen LogP contribution in [0.3, 0.4) is 0 Å². The van der Waals surface area contributed by atoms with E-state index in [0.29, 0.717) is 10.6 Å². The molecule has 1 aromatic rings. The van der Waals surface area contributed by atoms with E-state index in [1.54, 1.807) is 24.3 Å². The van der Waals surface area contributed by atoms with Crippen molar-refractivity contribution >= 4 is 23.5 Å². The van der Waals surface area contributed by atoms with Gasteiger partial charge >= 0.3 is 18.1 Å². The lowest BCUT2D eigenvalue weighted by atomic mass is 10.2. The lowest BCUT2D eigenvalue weighted by Crippen LogP contribution is -2.45. The van der Waals surface area contributed by atoms with Crippen LogP contribution < -0.4 is 10.6 Å². The van der Waals surface area contributed by atoms with Crippen molar-refractivity contribution in [1.82, 2.24) is 10.6 Å². The zero-order chi connectivity index (χ0) is 13.8. The second-order valence-corrected chi connectivity index (χ2v) is 3.63. The number of nitrogens with one attached hydrogen (secondary N) is 2. The van der Waals surface area contributed by atoms with Crippen molar-refractivity contribution in [2.75, 3.05) is 0 Å². The number of alkyl halides is 3. The van der Waals surface area contributed by atoms with E-state index in [4.69, 9.17) is 11.6 Å². The van der Waals surface area contributed by atoms with Gasteiger partial charge in [-0.3, -0.25) is 10.1 Å². The Labute approximate surface area is 105 Å². The first-order valence-corrected chi connectivity index (χ1v) is 5.08. The van der Waals surface area contributed by atoms with E-state index in [9.17, 15) is 22.8 Å². The molecule has 2 N–H and O–H groups in total. The largest absolute Gasteiger partial charge is 0.471 e. The smallest absolute Gasteiger partial charge is 0.334 e. The molecule has 0 heterocycles. The molecule has 0 saturated carbocycles. The molecule has 0 radical (unpaired) electrons. The summed E-state index contributed by atoms with van der Waals surface area (Å²) in [6, 6.07) is 5.24. The maximum absolute atomic E-state index is 11.8. The van der Waals surface area contributed by atoms with E-state index in [2.05, 4.69) is 5.32 Å². The zero-order valence-electron chi connectivity index (χ0n) is 8.84. The minimum absolute atomic E-state index is 0.0867. The van der Waals surface area contributed by atoms with Crippen molar-refractivity contribution in [1.29, 1.82) is 0 Å². The summed E-state index contributed by atoms with van der Waals surface area (Å²) >= 11 is 5.77. The summed E-state index contributed by atoms with van der Waals surface area (Å²) in [4.78, 5) is 21.4. The van der Waals surface area contributed by atoms with Crippen LogP contribution in [-0.2, 0) is 11.3 Å². The molecule has 3 amide bonds. The summed E-state index contributed by atoms with van der Waals surface area (Å²) in [5, 5.41) is 3.60. The first-order chi connectivity index (χ1) is 8.30. The molecule has 0 fully saturated rings. The van der Waals surface area contributed by atoms with Gasteiger partial charge in [0.1, 0.15) is 0 Å². The van der Waals surface area contributed by atoms with Gasteiger partial charge in [0.25, 0.3) is 0 Å². The van der Waals surface area contributed by atoms with Crippen molar-refractivity contribution in [3.8, 4) is 0 Å². The Kier molecular flexibility index (Phi) is 4.55. The quantitative estimate of drug-likeness (QED) is 0.873. The Hall–Kier alpha value is -1.76. The Bertz CT molecular complexity index is 463. The monoisotopic (exact) mass is 280 g/mol. The SMILES string of the molecule is O=C(NCc1ccccc1Cl)NC(=O)C(F)(F)F. The van der Waals surface area contributed by atoms with Gasteiger partial charge in [-0.1, -0.05) is 29.8 Å². The molecule has 0 aromatic heterocycles. The molecule has 0 aliphatic carbocycles. The van der Waals surface area contributed by atoms with Crippen LogP contribution in [0.5, 0.6) is 0 Å². The number of amides is 3. The standard InChI is InChI=1S/C10H8ClF3N2O2/c11-7-4-2-1-3-6(7)5-15-9(18)16-8(17)10(12,13)14/h1-4H,5H2,(H2,15,16,17,18). The van der Waals surface area contributed by atoms with Crippen molar-refractivity contribution in [3.63, 3.8) is 0 Å². The van der Waals surface area contributed by atoms with Crippen LogP contribution in [-0.4, -0.2) is 18.1 Å². The maximum atomic E-state index is 11.8. The predicted octanol–water partition coefficient (Wildman–Crippen LogP) is 2.23. The first-order valence-electron chi connectivity index (χ1n) is 4.70. The predicted molar refractivity (Wildman–Crippen MR) is 57.9 cm³/mol. The number of carbonyl (C=O) groups is 2. The molecule has 1 rings (SSSR count). The highest BCUT2D eigenvalue weighted by molar-refractivity contribution is 6.31. The Morgan fingerprint density at radius 2 is 1.83 bits per heavy atom. The zero-order valence-corrected chi connectivity index (χ0v) is 9.60. The second kappa shape index (κ2) is 5.72. The maximum Gasteiger partial charge on any atom is 0.471 e. The van der Waals surface area contributed by atoms with Gasteiger partial charge in [0.2, 0.25) is 0 Å². The molecule has 0 atom stereocenters. The molecule has 0 aliphatic rings. The van der Waals surface area contributed by atoms with Crippen molar-refractivity contribution in [2.45, 2.75) is 12.7 Å². The van der Waals surface area contributed by atoms with Crippen LogP contribution in [0.25, 0.3) is 0 Å². The molecule has 0 saturated heterocycles. The third-order valence-electron chi connectivity index (χ3n) is 1.88. The summed E-state index contributed by atoms with van der Waals surface area (Å²) in [7, 11) is 0. The van der Waals surface area contributed by atoms with Crippen LogP contribution in [0, 0.1) is 0 Å². The molecule has 0 bridgehead atoms. The van der Waals surface area contributed by atoms with Gasteiger partial charge in [-0.25, -0.2) is 4.79 Å². The third-order valence-corrected chi connectivity index (χ3v) is 2.25. The highest BCUT2D eigenvalue weighted by atomic mass is 35.5. The molecule has 98 valence electrons. The third kappa shape index (κ3) is 4.25. The van der Waals surface area contributed by atoms with Gasteiger partial charge in [0.15, 0.2) is 0 Å². The van der Waals surface area contributed by atoms with Gasteiger partial charge in [-0.15, -0.1) is 0 Å². The first kappa shape index (κ1) is 14.3. The Balaban J connectivity index is 2.48. The van der Waals surface area contributed by atoms with E-state index < -0.39 is 18.1 Å². The van der Waals surface area contributed by atoms with Crippen molar-refractivity contribution < 1.29 is 22.8 Å². The fourth-order valence-corrected chi connectivity index (χ4v) is 1.24.